The van der Waals surface area contributed by atoms with Crippen molar-refractivity contribution in [3.63, 3.8) is 0 Å². The van der Waals surface area contributed by atoms with Gasteiger partial charge in [0.25, 0.3) is 0 Å². The summed E-state index contributed by atoms with van der Waals surface area (Å²) in [5, 5.41) is 3.41. The molecule has 0 fully saturated rings. The lowest BCUT2D eigenvalue weighted by atomic mass is 10.2. The summed E-state index contributed by atoms with van der Waals surface area (Å²) in [5.41, 5.74) is 1.33. The average molecular weight is 266 g/mol. The first kappa shape index (κ1) is 14.1. The molecule has 0 amide bonds. The molecule has 17 heavy (non-hydrogen) atoms. The van der Waals surface area contributed by atoms with Gasteiger partial charge >= 0.3 is 0 Å². The first-order valence-corrected chi connectivity index (χ1v) is 6.36. The summed E-state index contributed by atoms with van der Waals surface area (Å²) in [6.45, 7) is 0.931. The quantitative estimate of drug-likeness (QED) is 0.499. The number of nitrogens with one attached hydrogen (secondary N) is 1. The lowest BCUT2D eigenvalue weighted by molar-refractivity contribution is 0.796. The van der Waals surface area contributed by atoms with Crippen molar-refractivity contribution >= 4 is 24.2 Å². The van der Waals surface area contributed by atoms with Crippen molar-refractivity contribution in [3.05, 3.63) is 66.2 Å². The van der Waals surface area contributed by atoms with E-state index in [1.807, 2.05) is 23.9 Å². The van der Waals surface area contributed by atoms with Crippen LogP contribution in [-0.4, -0.2) is 5.88 Å². The number of halogens is 1. The first-order chi connectivity index (χ1) is 7.95. The molecule has 1 nitrogen and oxygen atoms in total. The van der Waals surface area contributed by atoms with Crippen molar-refractivity contribution in [2.75, 3.05) is 5.88 Å². The molecule has 0 saturated heterocycles. The van der Waals surface area contributed by atoms with Crippen LogP contribution in [0, 0.1) is 0 Å². The van der Waals surface area contributed by atoms with Gasteiger partial charge in [0.15, 0.2) is 0 Å². The van der Waals surface area contributed by atoms with Gasteiger partial charge in [-0.25, -0.2) is 0 Å². The molecule has 2 aromatic rings. The molecule has 0 unspecified atom stereocenters. The lowest BCUT2D eigenvalue weighted by Gasteiger charge is -2.04. The molecule has 3 heteroatoms. The van der Waals surface area contributed by atoms with E-state index in [1.54, 1.807) is 0 Å². The zero-order valence-corrected chi connectivity index (χ0v) is 11.1. The van der Waals surface area contributed by atoms with Crippen LogP contribution in [0.15, 0.2) is 65.6 Å². The van der Waals surface area contributed by atoms with Gasteiger partial charge in [0, 0.05) is 17.3 Å². The topological polar surface area (TPSA) is 12.0 Å². The maximum atomic E-state index is 3.41. The fraction of sp³-hybridized carbons (Fsp3) is 0.143. The highest BCUT2D eigenvalue weighted by Gasteiger charge is 1.92. The van der Waals surface area contributed by atoms with E-state index in [2.05, 4.69) is 53.8 Å². The van der Waals surface area contributed by atoms with Crippen LogP contribution >= 0.6 is 24.2 Å². The second kappa shape index (κ2) is 8.18. The van der Waals surface area contributed by atoms with Gasteiger partial charge in [0.2, 0.25) is 0 Å². The van der Waals surface area contributed by atoms with Gasteiger partial charge in [-0.1, -0.05) is 48.5 Å². The van der Waals surface area contributed by atoms with Crippen molar-refractivity contribution in [1.82, 2.24) is 5.32 Å². The fourth-order valence-corrected chi connectivity index (χ4v) is 2.16. The summed E-state index contributed by atoms with van der Waals surface area (Å²) < 4.78 is 0. The van der Waals surface area contributed by atoms with E-state index in [0.29, 0.717) is 0 Å². The molecule has 2 rings (SSSR count). The highest BCUT2D eigenvalue weighted by Crippen LogP contribution is 2.15. The smallest absolute Gasteiger partial charge is 0.0468 e. The van der Waals surface area contributed by atoms with E-state index in [4.69, 9.17) is 0 Å². The maximum absolute atomic E-state index is 3.41. The Hall–Kier alpha value is -0.960. The second-order valence-corrected chi connectivity index (χ2v) is 4.56. The molecule has 0 aliphatic heterocycles. The molecule has 0 saturated carbocycles. The highest BCUT2D eigenvalue weighted by molar-refractivity contribution is 7.99. The minimum Gasteiger partial charge on any atom is -0.303 e. The Kier molecular flexibility index (Phi) is 6.78. The summed E-state index contributed by atoms with van der Waals surface area (Å²) in [6, 6.07) is 20.9. The fourth-order valence-electron chi connectivity index (χ4n) is 1.44. The van der Waals surface area contributed by atoms with E-state index in [9.17, 15) is 0 Å². The standard InChI is InChI=1S/C14H15NS.ClH/c1-3-7-13(8-4-1)11-15-12-16-14-9-5-2-6-10-14;/h1-10,15H,11-12H2;1H. The number of hydrogen-bond acceptors (Lipinski definition) is 2. The molecule has 0 aliphatic rings. The molecule has 0 aromatic heterocycles. The molecule has 0 aliphatic carbocycles. The van der Waals surface area contributed by atoms with Crippen molar-refractivity contribution in [2.24, 2.45) is 0 Å². The minimum absolute atomic E-state index is 0. The molecule has 0 heterocycles. The summed E-state index contributed by atoms with van der Waals surface area (Å²) in [6.07, 6.45) is 0. The molecule has 0 radical (unpaired) electrons. The van der Waals surface area contributed by atoms with Crippen molar-refractivity contribution in [2.45, 2.75) is 11.4 Å². The third kappa shape index (κ3) is 5.26. The molecule has 0 atom stereocenters. The predicted octanol–water partition coefficient (Wildman–Crippen LogP) is 3.95. The number of thioether (sulfide) groups is 1. The largest absolute Gasteiger partial charge is 0.303 e. The van der Waals surface area contributed by atoms with E-state index in [1.165, 1.54) is 10.5 Å². The Labute approximate surface area is 113 Å². The van der Waals surface area contributed by atoms with Gasteiger partial charge in [-0.05, 0) is 17.7 Å². The Morgan fingerprint density at radius 3 is 2.06 bits per heavy atom. The molecule has 90 valence electrons. The van der Waals surface area contributed by atoms with Gasteiger partial charge in [-0.3, -0.25) is 0 Å². The normalized spacial score (nSPS) is 9.65. The molecule has 0 spiro atoms. The molecule has 1 N–H and O–H groups in total. The van der Waals surface area contributed by atoms with Crippen LogP contribution in [0.25, 0.3) is 0 Å². The maximum Gasteiger partial charge on any atom is 0.0468 e. The Morgan fingerprint density at radius 1 is 0.824 bits per heavy atom. The van der Waals surface area contributed by atoms with Crippen LogP contribution in [0.2, 0.25) is 0 Å². The Balaban J connectivity index is 0.00000144. The van der Waals surface area contributed by atoms with Gasteiger partial charge < -0.3 is 5.32 Å². The van der Waals surface area contributed by atoms with Crippen LogP contribution in [0.5, 0.6) is 0 Å². The second-order valence-electron chi connectivity index (χ2n) is 3.51. The minimum atomic E-state index is 0. The van der Waals surface area contributed by atoms with Crippen LogP contribution in [-0.2, 0) is 6.54 Å². The number of hydrogen-bond donors (Lipinski definition) is 1. The SMILES string of the molecule is Cl.c1ccc(CNCSc2ccccc2)cc1. The summed E-state index contributed by atoms with van der Waals surface area (Å²) in [5.74, 6) is 0.943. The Bertz CT molecular complexity index is 364. The monoisotopic (exact) mass is 265 g/mol. The zero-order chi connectivity index (χ0) is 11.1. The van der Waals surface area contributed by atoms with Crippen molar-refractivity contribution in [1.29, 1.82) is 0 Å². The van der Waals surface area contributed by atoms with Crippen LogP contribution in [0.3, 0.4) is 0 Å². The molecule has 0 bridgehead atoms. The van der Waals surface area contributed by atoms with Crippen LogP contribution in [0.1, 0.15) is 5.56 Å². The highest BCUT2D eigenvalue weighted by atomic mass is 35.5. The predicted molar refractivity (Wildman–Crippen MR) is 77.7 cm³/mol. The third-order valence-electron chi connectivity index (χ3n) is 2.26. The van der Waals surface area contributed by atoms with Crippen molar-refractivity contribution < 1.29 is 0 Å². The molecular weight excluding hydrogens is 250 g/mol. The molecule has 2 aromatic carbocycles. The zero-order valence-electron chi connectivity index (χ0n) is 9.50. The lowest BCUT2D eigenvalue weighted by Crippen LogP contribution is -2.11. The van der Waals surface area contributed by atoms with Gasteiger partial charge in [-0.2, -0.15) is 0 Å². The van der Waals surface area contributed by atoms with Crippen LogP contribution < -0.4 is 5.32 Å². The summed E-state index contributed by atoms with van der Waals surface area (Å²) in [4.78, 5) is 1.31. The third-order valence-corrected chi connectivity index (χ3v) is 3.21. The number of rotatable bonds is 5. The van der Waals surface area contributed by atoms with E-state index >= 15 is 0 Å². The van der Waals surface area contributed by atoms with E-state index < -0.39 is 0 Å². The van der Waals surface area contributed by atoms with Gasteiger partial charge in [0.1, 0.15) is 0 Å². The van der Waals surface area contributed by atoms with Gasteiger partial charge in [-0.15, -0.1) is 24.2 Å². The van der Waals surface area contributed by atoms with Crippen molar-refractivity contribution in [3.8, 4) is 0 Å². The van der Waals surface area contributed by atoms with E-state index in [-0.39, 0.29) is 12.4 Å². The Morgan fingerprint density at radius 2 is 1.41 bits per heavy atom. The van der Waals surface area contributed by atoms with Crippen LogP contribution in [0.4, 0.5) is 0 Å². The summed E-state index contributed by atoms with van der Waals surface area (Å²) in [7, 11) is 0. The van der Waals surface area contributed by atoms with E-state index in [0.717, 1.165) is 12.4 Å². The molecular formula is C14H16ClNS. The first-order valence-electron chi connectivity index (χ1n) is 5.37. The number of benzene rings is 2. The average Bonchev–Trinajstić information content (AvgIpc) is 2.37. The van der Waals surface area contributed by atoms with Gasteiger partial charge in [0.05, 0.1) is 0 Å². The summed E-state index contributed by atoms with van der Waals surface area (Å²) >= 11 is 1.83.